The fraction of sp³-hybridized carbons (Fsp3) is 0.900. The molecule has 0 atom stereocenters. The Bertz CT molecular complexity index is 158. The van der Waals surface area contributed by atoms with Crippen molar-refractivity contribution in [1.82, 2.24) is 4.90 Å². The van der Waals surface area contributed by atoms with Crippen LogP contribution in [0.4, 0.5) is 0 Å². The molecule has 15 heavy (non-hydrogen) atoms. The Kier molecular flexibility index (Phi) is 9.46. The molecule has 2 N–H and O–H groups in total. The van der Waals surface area contributed by atoms with Gasteiger partial charge in [0.2, 0.25) is 0 Å². The number of carbonyl (C=O) groups is 1. The predicted octanol–water partition coefficient (Wildman–Crippen LogP) is -0.384. The number of ether oxygens (including phenoxy) is 1. The minimum absolute atomic E-state index is 0.0256. The molecule has 0 aliphatic rings. The van der Waals surface area contributed by atoms with Gasteiger partial charge in [0.25, 0.3) is 0 Å². The molecular formula is C10H21NO4. The lowest BCUT2D eigenvalue weighted by molar-refractivity contribution is -0.145. The van der Waals surface area contributed by atoms with Crippen LogP contribution in [0.1, 0.15) is 19.8 Å². The van der Waals surface area contributed by atoms with Crippen LogP contribution in [0.3, 0.4) is 0 Å². The van der Waals surface area contributed by atoms with Crippen molar-refractivity contribution in [2.75, 3.05) is 39.5 Å². The van der Waals surface area contributed by atoms with Crippen LogP contribution < -0.4 is 0 Å². The van der Waals surface area contributed by atoms with E-state index < -0.39 is 0 Å². The van der Waals surface area contributed by atoms with Crippen LogP contribution >= 0.6 is 0 Å². The van der Waals surface area contributed by atoms with Gasteiger partial charge in [-0.05, 0) is 6.42 Å². The quantitative estimate of drug-likeness (QED) is 0.408. The van der Waals surface area contributed by atoms with Crippen LogP contribution in [0.2, 0.25) is 0 Å². The number of unbranched alkanes of at least 4 members (excludes halogenated alkanes) is 1. The van der Waals surface area contributed by atoms with E-state index in [0.717, 1.165) is 12.8 Å². The van der Waals surface area contributed by atoms with E-state index in [4.69, 9.17) is 14.9 Å². The van der Waals surface area contributed by atoms with Gasteiger partial charge in [0.15, 0.2) is 0 Å². The van der Waals surface area contributed by atoms with E-state index >= 15 is 0 Å². The minimum Gasteiger partial charge on any atom is -0.465 e. The van der Waals surface area contributed by atoms with E-state index in [1.165, 1.54) is 0 Å². The van der Waals surface area contributed by atoms with Crippen molar-refractivity contribution in [1.29, 1.82) is 0 Å². The first-order valence-corrected chi connectivity index (χ1v) is 5.34. The summed E-state index contributed by atoms with van der Waals surface area (Å²) < 4.78 is 4.96. The monoisotopic (exact) mass is 219 g/mol. The largest absolute Gasteiger partial charge is 0.465 e. The molecule has 0 saturated heterocycles. The number of esters is 1. The van der Waals surface area contributed by atoms with Gasteiger partial charge in [-0.15, -0.1) is 0 Å². The maximum atomic E-state index is 11.3. The standard InChI is InChI=1S/C10H21NO4/c1-2-3-8-15-10(14)9-11(4-6-12)5-7-13/h12-13H,2-9H2,1H3. The Hall–Kier alpha value is -0.650. The van der Waals surface area contributed by atoms with Crippen molar-refractivity contribution < 1.29 is 19.7 Å². The molecular weight excluding hydrogens is 198 g/mol. The van der Waals surface area contributed by atoms with E-state index in [1.54, 1.807) is 4.90 Å². The van der Waals surface area contributed by atoms with E-state index in [1.807, 2.05) is 6.92 Å². The molecule has 0 saturated carbocycles. The van der Waals surface area contributed by atoms with Gasteiger partial charge in [0.05, 0.1) is 26.4 Å². The average molecular weight is 219 g/mol. The van der Waals surface area contributed by atoms with Crippen molar-refractivity contribution >= 4 is 5.97 Å². The minimum atomic E-state index is -0.301. The normalized spacial score (nSPS) is 10.7. The molecule has 0 aromatic carbocycles. The Morgan fingerprint density at radius 2 is 1.87 bits per heavy atom. The van der Waals surface area contributed by atoms with Crippen molar-refractivity contribution in [2.24, 2.45) is 0 Å². The summed E-state index contributed by atoms with van der Waals surface area (Å²) in [4.78, 5) is 12.9. The van der Waals surface area contributed by atoms with E-state index in [0.29, 0.717) is 19.7 Å². The lowest BCUT2D eigenvalue weighted by Crippen LogP contribution is -2.35. The van der Waals surface area contributed by atoms with Gasteiger partial charge < -0.3 is 14.9 Å². The molecule has 0 fully saturated rings. The van der Waals surface area contributed by atoms with Gasteiger partial charge in [-0.3, -0.25) is 9.69 Å². The topological polar surface area (TPSA) is 70.0 Å². The van der Waals surface area contributed by atoms with Crippen LogP contribution in [0, 0.1) is 0 Å². The van der Waals surface area contributed by atoms with Crippen molar-refractivity contribution in [3.8, 4) is 0 Å². The smallest absolute Gasteiger partial charge is 0.320 e. The van der Waals surface area contributed by atoms with E-state index in [9.17, 15) is 4.79 Å². The molecule has 5 heteroatoms. The van der Waals surface area contributed by atoms with Crippen LogP contribution in [0.15, 0.2) is 0 Å². The summed E-state index contributed by atoms with van der Waals surface area (Å²) in [5, 5.41) is 17.4. The summed E-state index contributed by atoms with van der Waals surface area (Å²) in [6.07, 6.45) is 1.86. The summed E-state index contributed by atoms with van der Waals surface area (Å²) >= 11 is 0. The van der Waals surface area contributed by atoms with Gasteiger partial charge in [-0.2, -0.15) is 0 Å². The second-order valence-corrected chi connectivity index (χ2v) is 3.30. The third kappa shape index (κ3) is 8.35. The SMILES string of the molecule is CCCCOC(=O)CN(CCO)CCO. The number of hydrogen-bond acceptors (Lipinski definition) is 5. The van der Waals surface area contributed by atoms with Crippen molar-refractivity contribution in [3.63, 3.8) is 0 Å². The van der Waals surface area contributed by atoms with Gasteiger partial charge in [-0.25, -0.2) is 0 Å². The third-order valence-corrected chi connectivity index (χ3v) is 1.95. The Morgan fingerprint density at radius 3 is 2.33 bits per heavy atom. The third-order valence-electron chi connectivity index (χ3n) is 1.95. The number of hydrogen-bond donors (Lipinski definition) is 2. The van der Waals surface area contributed by atoms with Crippen LogP contribution in [-0.4, -0.2) is 60.5 Å². The summed E-state index contributed by atoms with van der Waals surface area (Å²) in [6.45, 7) is 3.31. The molecule has 0 heterocycles. The first-order chi connectivity index (χ1) is 7.24. The second kappa shape index (κ2) is 9.89. The number of aliphatic hydroxyl groups excluding tert-OH is 2. The summed E-state index contributed by atoms with van der Waals surface area (Å²) in [7, 11) is 0. The lowest BCUT2D eigenvalue weighted by Gasteiger charge is -2.18. The summed E-state index contributed by atoms with van der Waals surface area (Å²) in [5.74, 6) is -0.301. The highest BCUT2D eigenvalue weighted by molar-refractivity contribution is 5.71. The zero-order chi connectivity index (χ0) is 11.5. The number of rotatable bonds is 9. The Morgan fingerprint density at radius 1 is 1.27 bits per heavy atom. The molecule has 0 spiro atoms. The van der Waals surface area contributed by atoms with Crippen LogP contribution in [-0.2, 0) is 9.53 Å². The second-order valence-electron chi connectivity index (χ2n) is 3.30. The highest BCUT2D eigenvalue weighted by Gasteiger charge is 2.10. The molecule has 90 valence electrons. The van der Waals surface area contributed by atoms with Gasteiger partial charge >= 0.3 is 5.97 Å². The van der Waals surface area contributed by atoms with Crippen molar-refractivity contribution in [3.05, 3.63) is 0 Å². The van der Waals surface area contributed by atoms with Crippen molar-refractivity contribution in [2.45, 2.75) is 19.8 Å². The summed E-state index contributed by atoms with van der Waals surface area (Å²) in [5.41, 5.74) is 0. The zero-order valence-corrected chi connectivity index (χ0v) is 9.31. The lowest BCUT2D eigenvalue weighted by atomic mass is 10.4. The van der Waals surface area contributed by atoms with Gasteiger partial charge in [0, 0.05) is 13.1 Å². The van der Waals surface area contributed by atoms with Crippen LogP contribution in [0.5, 0.6) is 0 Å². The molecule has 0 aromatic rings. The first kappa shape index (κ1) is 14.3. The Labute approximate surface area is 90.6 Å². The zero-order valence-electron chi connectivity index (χ0n) is 9.31. The molecule has 0 aliphatic heterocycles. The molecule has 5 nitrogen and oxygen atoms in total. The number of aliphatic hydroxyl groups is 2. The van der Waals surface area contributed by atoms with Crippen LogP contribution in [0.25, 0.3) is 0 Å². The van der Waals surface area contributed by atoms with Gasteiger partial charge in [0.1, 0.15) is 0 Å². The highest BCUT2D eigenvalue weighted by atomic mass is 16.5. The predicted molar refractivity (Wildman–Crippen MR) is 56.5 cm³/mol. The highest BCUT2D eigenvalue weighted by Crippen LogP contribution is 1.92. The average Bonchev–Trinajstić information content (AvgIpc) is 2.19. The maximum absolute atomic E-state index is 11.3. The fourth-order valence-corrected chi connectivity index (χ4v) is 1.11. The Balaban J connectivity index is 3.67. The molecule has 0 amide bonds. The molecule has 0 bridgehead atoms. The summed E-state index contributed by atoms with van der Waals surface area (Å²) in [6, 6.07) is 0. The molecule has 0 aliphatic carbocycles. The first-order valence-electron chi connectivity index (χ1n) is 5.34. The molecule has 0 rings (SSSR count). The number of carbonyl (C=O) groups excluding carboxylic acids is 1. The molecule has 0 aromatic heterocycles. The van der Waals surface area contributed by atoms with E-state index in [-0.39, 0.29) is 25.7 Å². The molecule has 0 unspecified atom stereocenters. The molecule has 0 radical (unpaired) electrons. The number of nitrogens with zero attached hydrogens (tertiary/aromatic N) is 1. The maximum Gasteiger partial charge on any atom is 0.320 e. The fourth-order valence-electron chi connectivity index (χ4n) is 1.11. The van der Waals surface area contributed by atoms with E-state index in [2.05, 4.69) is 0 Å². The van der Waals surface area contributed by atoms with Gasteiger partial charge in [-0.1, -0.05) is 13.3 Å².